The van der Waals surface area contributed by atoms with Crippen LogP contribution in [0.3, 0.4) is 0 Å². The van der Waals surface area contributed by atoms with Crippen molar-refractivity contribution in [2.24, 2.45) is 0 Å². The van der Waals surface area contributed by atoms with Gasteiger partial charge < -0.3 is 0 Å². The van der Waals surface area contributed by atoms with Crippen molar-refractivity contribution in [3.8, 4) is 0 Å². The zero-order valence-electron chi connectivity index (χ0n) is 10.4. The molecule has 0 aliphatic carbocycles. The third kappa shape index (κ3) is 3.08. The van der Waals surface area contributed by atoms with Gasteiger partial charge in [-0.05, 0) is 0 Å². The summed E-state index contributed by atoms with van der Waals surface area (Å²) in [5.41, 5.74) is 3.29. The van der Waals surface area contributed by atoms with Crippen LogP contribution in [0, 0.1) is 0 Å². The monoisotopic (exact) mass is 297 g/mol. The van der Waals surface area contributed by atoms with Gasteiger partial charge in [0.25, 0.3) is 0 Å². The van der Waals surface area contributed by atoms with E-state index < -0.39 is 0 Å². The molecule has 1 heterocycles. The first-order chi connectivity index (χ1) is 8.35. The first-order valence-corrected chi connectivity index (χ1v) is 7.86. The fourth-order valence-corrected chi connectivity index (χ4v) is 3.12. The van der Waals surface area contributed by atoms with E-state index in [1.807, 2.05) is 6.07 Å². The van der Waals surface area contributed by atoms with Crippen molar-refractivity contribution in [3.63, 3.8) is 0 Å². The van der Waals surface area contributed by atoms with Crippen LogP contribution >= 0.6 is 0 Å². The number of rotatable bonds is 6. The first-order valence-electron chi connectivity index (χ1n) is 6.33. The van der Waals surface area contributed by atoms with Crippen molar-refractivity contribution in [2.75, 3.05) is 5.32 Å². The van der Waals surface area contributed by atoms with Crippen LogP contribution < -0.4 is 5.32 Å². The number of hydrogen-bond donors (Lipinski definition) is 1. The Labute approximate surface area is 109 Å². The van der Waals surface area contributed by atoms with E-state index in [2.05, 4.69) is 39.3 Å². The van der Waals surface area contributed by atoms with E-state index in [1.165, 1.54) is 19.3 Å². The molecule has 1 N–H and O–H groups in total. The second kappa shape index (κ2) is 6.18. The van der Waals surface area contributed by atoms with Gasteiger partial charge in [-0.15, -0.1) is 0 Å². The molecule has 0 aliphatic heterocycles. The summed E-state index contributed by atoms with van der Waals surface area (Å²) in [4.78, 5) is 0. The van der Waals surface area contributed by atoms with Crippen molar-refractivity contribution in [1.82, 2.24) is 7.96 Å². The summed E-state index contributed by atoms with van der Waals surface area (Å²) in [6.07, 6.45) is 4.94. The number of fused-ring (bicyclic) bond motifs is 1. The second-order valence-electron chi connectivity index (χ2n) is 4.33. The van der Waals surface area contributed by atoms with Gasteiger partial charge in [-0.25, -0.2) is 0 Å². The van der Waals surface area contributed by atoms with Crippen molar-refractivity contribution >= 4 is 31.7 Å². The van der Waals surface area contributed by atoms with Crippen molar-refractivity contribution < 1.29 is 0 Å². The van der Waals surface area contributed by atoms with Crippen LogP contribution in [0.2, 0.25) is 0 Å². The number of aromatic nitrogens is 2. The molecular weight excluding hydrogens is 277 g/mol. The molecule has 0 fully saturated rings. The molecule has 1 unspecified atom stereocenters. The molecular formula is C13H19N3Se. The Kier molecular flexibility index (Phi) is 4.57. The van der Waals surface area contributed by atoms with E-state index in [9.17, 15) is 0 Å². The summed E-state index contributed by atoms with van der Waals surface area (Å²) < 4.78 is 8.91. The van der Waals surface area contributed by atoms with Crippen molar-refractivity contribution in [1.29, 1.82) is 0 Å². The summed E-state index contributed by atoms with van der Waals surface area (Å²) >= 11 is 0.0608. The van der Waals surface area contributed by atoms with E-state index in [1.54, 1.807) is 0 Å². The Morgan fingerprint density at radius 1 is 1.29 bits per heavy atom. The van der Waals surface area contributed by atoms with Crippen LogP contribution in [0.4, 0.5) is 5.69 Å². The molecule has 0 bridgehead atoms. The summed E-state index contributed by atoms with van der Waals surface area (Å²) in [5, 5.41) is 3.62. The summed E-state index contributed by atoms with van der Waals surface area (Å²) in [7, 11) is 0. The van der Waals surface area contributed by atoms with Gasteiger partial charge in [0.1, 0.15) is 0 Å². The van der Waals surface area contributed by atoms with E-state index in [0.717, 1.165) is 23.1 Å². The predicted octanol–water partition coefficient (Wildman–Crippen LogP) is 3.07. The van der Waals surface area contributed by atoms with Gasteiger partial charge in [0.15, 0.2) is 0 Å². The Morgan fingerprint density at radius 3 is 2.94 bits per heavy atom. The zero-order chi connectivity index (χ0) is 12.1. The third-order valence-corrected chi connectivity index (χ3v) is 4.18. The average molecular weight is 296 g/mol. The van der Waals surface area contributed by atoms with Gasteiger partial charge in [-0.1, -0.05) is 0 Å². The Morgan fingerprint density at radius 2 is 2.18 bits per heavy atom. The molecule has 3 nitrogen and oxygen atoms in total. The molecule has 0 radical (unpaired) electrons. The Balaban J connectivity index is 2.13. The molecule has 17 heavy (non-hydrogen) atoms. The number of anilines is 1. The van der Waals surface area contributed by atoms with Gasteiger partial charge in [-0.3, -0.25) is 0 Å². The van der Waals surface area contributed by atoms with Crippen LogP contribution in [0.1, 0.15) is 39.5 Å². The van der Waals surface area contributed by atoms with Crippen LogP contribution in [0.15, 0.2) is 18.2 Å². The van der Waals surface area contributed by atoms with Crippen LogP contribution in [0.25, 0.3) is 11.0 Å². The van der Waals surface area contributed by atoms with Crippen LogP contribution in [-0.4, -0.2) is 29.0 Å². The topological polar surface area (TPSA) is 37.8 Å². The van der Waals surface area contributed by atoms with Gasteiger partial charge in [-0.2, -0.15) is 0 Å². The minimum absolute atomic E-state index is 0.0608. The fourth-order valence-electron chi connectivity index (χ4n) is 1.97. The van der Waals surface area contributed by atoms with Gasteiger partial charge in [0.2, 0.25) is 0 Å². The average Bonchev–Trinajstić information content (AvgIpc) is 2.83. The van der Waals surface area contributed by atoms with Crippen LogP contribution in [-0.2, 0) is 0 Å². The summed E-state index contributed by atoms with van der Waals surface area (Å²) in [5.74, 6) is 0. The van der Waals surface area contributed by atoms with E-state index in [-0.39, 0.29) is 15.0 Å². The van der Waals surface area contributed by atoms with E-state index in [0.29, 0.717) is 6.04 Å². The molecule has 1 atom stereocenters. The minimum atomic E-state index is 0.0608. The van der Waals surface area contributed by atoms with Gasteiger partial charge >= 0.3 is 109 Å². The maximum atomic E-state index is 4.50. The molecule has 92 valence electrons. The maximum absolute atomic E-state index is 4.50. The molecule has 0 saturated heterocycles. The standard InChI is InChI=1S/C13H19N3Se/c1-3-5-7-10(4-2)14-11-8-6-9-12-13(11)16-17-15-12/h6,8-10,14H,3-5,7H2,1-2H3. The molecule has 4 heteroatoms. The zero-order valence-corrected chi connectivity index (χ0v) is 12.2. The quantitative estimate of drug-likeness (QED) is 0.833. The summed E-state index contributed by atoms with van der Waals surface area (Å²) in [6.45, 7) is 4.48. The molecule has 0 amide bonds. The second-order valence-corrected chi connectivity index (χ2v) is 5.44. The first kappa shape index (κ1) is 12.6. The Bertz CT molecular complexity index is 466. The van der Waals surface area contributed by atoms with Gasteiger partial charge in [0.05, 0.1) is 0 Å². The molecule has 0 spiro atoms. The normalized spacial score (nSPS) is 12.8. The third-order valence-electron chi connectivity index (χ3n) is 3.04. The number of nitrogens with zero attached hydrogens (tertiary/aromatic N) is 2. The number of benzene rings is 1. The summed E-state index contributed by atoms with van der Waals surface area (Å²) in [6, 6.07) is 6.79. The Hall–Kier alpha value is -0.861. The molecule has 2 rings (SSSR count). The SMILES string of the molecule is CCCCC(CC)Nc1cccc2n[se]nc12. The van der Waals surface area contributed by atoms with Crippen LogP contribution in [0.5, 0.6) is 0 Å². The fraction of sp³-hybridized carbons (Fsp3) is 0.538. The van der Waals surface area contributed by atoms with Crippen molar-refractivity contribution in [2.45, 2.75) is 45.6 Å². The molecule has 1 aromatic carbocycles. The number of unbranched alkanes of at least 4 members (excludes halogenated alkanes) is 1. The number of nitrogens with one attached hydrogen (secondary N) is 1. The van der Waals surface area contributed by atoms with Crippen molar-refractivity contribution in [3.05, 3.63) is 18.2 Å². The van der Waals surface area contributed by atoms with E-state index >= 15 is 0 Å². The molecule has 2 aromatic rings. The predicted molar refractivity (Wildman–Crippen MR) is 73.7 cm³/mol. The molecule has 0 saturated carbocycles. The van der Waals surface area contributed by atoms with E-state index in [4.69, 9.17) is 0 Å². The number of hydrogen-bond acceptors (Lipinski definition) is 3. The van der Waals surface area contributed by atoms with Gasteiger partial charge in [0, 0.05) is 0 Å². The molecule has 1 aromatic heterocycles. The molecule has 0 aliphatic rings.